The zero-order valence-corrected chi connectivity index (χ0v) is 6.77. The van der Waals surface area contributed by atoms with Gasteiger partial charge in [0.05, 0.1) is 12.0 Å². The minimum absolute atomic E-state index is 0.0295. The van der Waals surface area contributed by atoms with Gasteiger partial charge in [0.15, 0.2) is 5.78 Å². The van der Waals surface area contributed by atoms with Gasteiger partial charge < -0.3 is 4.74 Å². The summed E-state index contributed by atoms with van der Waals surface area (Å²) in [5.74, 6) is 0.359. The molecule has 0 radical (unpaired) electrons. The summed E-state index contributed by atoms with van der Waals surface area (Å²) < 4.78 is 5.20. The molecule has 0 aromatic carbocycles. The van der Waals surface area contributed by atoms with Crippen LogP contribution in [0.3, 0.4) is 0 Å². The second-order valence-electron chi connectivity index (χ2n) is 3.76. The van der Waals surface area contributed by atoms with Gasteiger partial charge in [0.1, 0.15) is 6.61 Å². The first kappa shape index (κ1) is 7.29. The molecule has 1 spiro atoms. The van der Waals surface area contributed by atoms with Gasteiger partial charge in [-0.05, 0) is 12.8 Å². The van der Waals surface area contributed by atoms with Crippen molar-refractivity contribution in [2.45, 2.75) is 32.1 Å². The number of carbonyl (C=O) groups is 1. The van der Waals surface area contributed by atoms with Gasteiger partial charge in [0.2, 0.25) is 0 Å². The molecule has 2 fully saturated rings. The van der Waals surface area contributed by atoms with E-state index in [2.05, 4.69) is 0 Å². The van der Waals surface area contributed by atoms with E-state index in [1.807, 2.05) is 0 Å². The van der Waals surface area contributed by atoms with Gasteiger partial charge >= 0.3 is 0 Å². The van der Waals surface area contributed by atoms with Crippen molar-refractivity contribution < 1.29 is 9.53 Å². The third-order valence-electron chi connectivity index (χ3n) is 3.01. The number of ether oxygens (including phenoxy) is 1. The predicted molar refractivity (Wildman–Crippen MR) is 41.3 cm³/mol. The molecule has 11 heavy (non-hydrogen) atoms. The molecular formula is C9H14O2. The summed E-state index contributed by atoms with van der Waals surface area (Å²) in [7, 11) is 0. The second-order valence-corrected chi connectivity index (χ2v) is 3.76. The number of rotatable bonds is 0. The molecule has 0 bridgehead atoms. The largest absolute Gasteiger partial charge is 0.373 e. The van der Waals surface area contributed by atoms with Gasteiger partial charge in [-0.3, -0.25) is 4.79 Å². The summed E-state index contributed by atoms with van der Waals surface area (Å²) in [5.41, 5.74) is -0.0295. The van der Waals surface area contributed by atoms with Crippen LogP contribution < -0.4 is 0 Å². The normalized spacial score (nSPS) is 29.6. The van der Waals surface area contributed by atoms with Crippen LogP contribution in [0.5, 0.6) is 0 Å². The molecule has 1 saturated heterocycles. The van der Waals surface area contributed by atoms with E-state index in [0.717, 1.165) is 12.8 Å². The maximum absolute atomic E-state index is 11.4. The van der Waals surface area contributed by atoms with Gasteiger partial charge in [0.25, 0.3) is 0 Å². The molecule has 1 saturated carbocycles. The Labute approximate surface area is 66.9 Å². The fourth-order valence-electron chi connectivity index (χ4n) is 2.22. The number of hydrogen-bond acceptors (Lipinski definition) is 2. The van der Waals surface area contributed by atoms with Crippen LogP contribution in [0.4, 0.5) is 0 Å². The van der Waals surface area contributed by atoms with Gasteiger partial charge in [-0.2, -0.15) is 0 Å². The minimum atomic E-state index is -0.0295. The third kappa shape index (κ3) is 1.09. The summed E-state index contributed by atoms with van der Waals surface area (Å²) in [6.07, 6.45) is 5.89. The lowest BCUT2D eigenvalue weighted by atomic mass is 9.73. The molecule has 0 aromatic heterocycles. The molecule has 2 nitrogen and oxygen atoms in total. The third-order valence-corrected chi connectivity index (χ3v) is 3.01. The molecule has 0 amide bonds. The lowest BCUT2D eigenvalue weighted by molar-refractivity contribution is -0.126. The summed E-state index contributed by atoms with van der Waals surface area (Å²) in [5, 5.41) is 0. The monoisotopic (exact) mass is 154 g/mol. The number of Topliss-reactive ketones (excluding diaryl/α,β-unsaturated/α-hetero) is 1. The zero-order valence-electron chi connectivity index (χ0n) is 6.77. The molecule has 62 valence electrons. The van der Waals surface area contributed by atoms with Gasteiger partial charge in [0, 0.05) is 0 Å². The molecule has 0 atom stereocenters. The summed E-state index contributed by atoms with van der Waals surface area (Å²) in [6, 6.07) is 0. The lowest BCUT2D eigenvalue weighted by Crippen LogP contribution is -2.31. The van der Waals surface area contributed by atoms with Crippen LogP contribution in [-0.4, -0.2) is 19.0 Å². The highest BCUT2D eigenvalue weighted by atomic mass is 16.5. The van der Waals surface area contributed by atoms with Crippen LogP contribution in [0.2, 0.25) is 0 Å². The molecule has 2 rings (SSSR count). The molecule has 2 heteroatoms. The maximum Gasteiger partial charge on any atom is 0.166 e. The van der Waals surface area contributed by atoms with E-state index in [9.17, 15) is 4.79 Å². The highest BCUT2D eigenvalue weighted by molar-refractivity contribution is 5.87. The van der Waals surface area contributed by atoms with E-state index in [4.69, 9.17) is 4.74 Å². The van der Waals surface area contributed by atoms with E-state index < -0.39 is 0 Å². The SMILES string of the molecule is O=C1COCC12CCCCC2. The Balaban J connectivity index is 2.12. The fraction of sp³-hybridized carbons (Fsp3) is 0.889. The smallest absolute Gasteiger partial charge is 0.166 e. The molecule has 0 N–H and O–H groups in total. The molecule has 2 aliphatic rings. The number of carbonyl (C=O) groups excluding carboxylic acids is 1. The summed E-state index contributed by atoms with van der Waals surface area (Å²) in [6.45, 7) is 1.08. The van der Waals surface area contributed by atoms with Crippen LogP contribution in [0, 0.1) is 5.41 Å². The van der Waals surface area contributed by atoms with Gasteiger partial charge in [-0.25, -0.2) is 0 Å². The Kier molecular flexibility index (Phi) is 1.72. The maximum atomic E-state index is 11.4. The van der Waals surface area contributed by atoms with Crippen molar-refractivity contribution in [1.82, 2.24) is 0 Å². The Hall–Kier alpha value is -0.370. The standard InChI is InChI=1S/C9H14O2/c10-8-6-11-7-9(8)4-2-1-3-5-9/h1-7H2. The topological polar surface area (TPSA) is 26.3 Å². The van der Waals surface area contributed by atoms with Crippen LogP contribution in [0.25, 0.3) is 0 Å². The van der Waals surface area contributed by atoms with Crippen molar-refractivity contribution in [1.29, 1.82) is 0 Å². The highest BCUT2D eigenvalue weighted by Gasteiger charge is 2.43. The average Bonchev–Trinajstić information content (AvgIpc) is 2.36. The minimum Gasteiger partial charge on any atom is -0.373 e. The summed E-state index contributed by atoms with van der Waals surface area (Å²) >= 11 is 0. The molecule has 0 unspecified atom stereocenters. The molecule has 0 aromatic rings. The second kappa shape index (κ2) is 2.59. The zero-order chi connectivity index (χ0) is 7.73. The van der Waals surface area contributed by atoms with Crippen molar-refractivity contribution in [2.75, 3.05) is 13.2 Å². The van der Waals surface area contributed by atoms with Crippen molar-refractivity contribution in [2.24, 2.45) is 5.41 Å². The van der Waals surface area contributed by atoms with Crippen molar-refractivity contribution in [3.8, 4) is 0 Å². The van der Waals surface area contributed by atoms with Gasteiger partial charge in [-0.1, -0.05) is 19.3 Å². The fourth-order valence-corrected chi connectivity index (χ4v) is 2.22. The summed E-state index contributed by atoms with van der Waals surface area (Å²) in [4.78, 5) is 11.4. The highest BCUT2D eigenvalue weighted by Crippen LogP contribution is 2.40. The Morgan fingerprint density at radius 1 is 1.18 bits per heavy atom. The van der Waals surface area contributed by atoms with Crippen LogP contribution >= 0.6 is 0 Å². The van der Waals surface area contributed by atoms with E-state index in [1.54, 1.807) is 0 Å². The van der Waals surface area contributed by atoms with E-state index in [0.29, 0.717) is 19.0 Å². The Bertz CT molecular complexity index is 168. The van der Waals surface area contributed by atoms with E-state index in [-0.39, 0.29) is 5.41 Å². The molecule has 1 heterocycles. The van der Waals surface area contributed by atoms with Crippen LogP contribution in [0.15, 0.2) is 0 Å². The first-order valence-corrected chi connectivity index (χ1v) is 4.45. The van der Waals surface area contributed by atoms with Crippen molar-refractivity contribution >= 4 is 5.78 Å². The van der Waals surface area contributed by atoms with E-state index in [1.165, 1.54) is 19.3 Å². The quantitative estimate of drug-likeness (QED) is 0.529. The van der Waals surface area contributed by atoms with Gasteiger partial charge in [-0.15, -0.1) is 0 Å². The Morgan fingerprint density at radius 3 is 2.45 bits per heavy atom. The lowest BCUT2D eigenvalue weighted by Gasteiger charge is -2.29. The molecule has 1 aliphatic heterocycles. The van der Waals surface area contributed by atoms with Crippen LogP contribution in [-0.2, 0) is 9.53 Å². The molecule has 1 aliphatic carbocycles. The molecular weight excluding hydrogens is 140 g/mol. The van der Waals surface area contributed by atoms with E-state index >= 15 is 0 Å². The first-order chi connectivity index (χ1) is 5.33. The predicted octanol–water partition coefficient (Wildman–Crippen LogP) is 1.54. The van der Waals surface area contributed by atoms with Crippen LogP contribution in [0.1, 0.15) is 32.1 Å². The first-order valence-electron chi connectivity index (χ1n) is 4.45. The average molecular weight is 154 g/mol. The van der Waals surface area contributed by atoms with Crippen molar-refractivity contribution in [3.63, 3.8) is 0 Å². The number of hydrogen-bond donors (Lipinski definition) is 0. The Morgan fingerprint density at radius 2 is 1.91 bits per heavy atom. The number of ketones is 1. The van der Waals surface area contributed by atoms with Crippen molar-refractivity contribution in [3.05, 3.63) is 0 Å².